The maximum Gasteiger partial charge on any atom is 0.147 e. The molecule has 10 aromatic rings. The number of fused-ring (bicyclic) bond motifs is 16. The van der Waals surface area contributed by atoms with Gasteiger partial charge in [-0.3, -0.25) is 4.40 Å². The molecule has 0 atom stereocenters. The molecule has 190 valence electrons. The van der Waals surface area contributed by atoms with Crippen LogP contribution in [-0.4, -0.2) is 14.0 Å². The number of hydrogen-bond acceptors (Lipinski definition) is 2. The molecule has 0 amide bonds. The van der Waals surface area contributed by atoms with Crippen molar-refractivity contribution in [3.05, 3.63) is 127 Å². The Kier molecular flexibility index (Phi) is 4.07. The largest absolute Gasteiger partial charge is 0.309 e. The lowest BCUT2D eigenvalue weighted by molar-refractivity contribution is 1.18. The van der Waals surface area contributed by atoms with Crippen molar-refractivity contribution in [3.8, 4) is 5.69 Å². The van der Waals surface area contributed by atoms with E-state index in [-0.39, 0.29) is 0 Å². The molecule has 3 nitrogen and oxygen atoms in total. The van der Waals surface area contributed by atoms with Crippen LogP contribution in [0.2, 0.25) is 0 Å². The van der Waals surface area contributed by atoms with Crippen LogP contribution in [0.15, 0.2) is 127 Å². The fourth-order valence-electron chi connectivity index (χ4n) is 7.01. The number of rotatable bonds is 1. The van der Waals surface area contributed by atoms with Crippen LogP contribution >= 0.6 is 11.3 Å². The minimum atomic E-state index is 1.01. The average Bonchev–Trinajstić information content (AvgIpc) is 3.71. The van der Waals surface area contributed by atoms with Gasteiger partial charge in [-0.2, -0.15) is 0 Å². The Labute approximate surface area is 238 Å². The van der Waals surface area contributed by atoms with Crippen molar-refractivity contribution in [3.63, 3.8) is 0 Å². The van der Waals surface area contributed by atoms with Crippen LogP contribution in [0, 0.1) is 0 Å². The zero-order valence-electron chi connectivity index (χ0n) is 21.9. The van der Waals surface area contributed by atoms with Gasteiger partial charge in [0.05, 0.1) is 32.3 Å². The molecule has 0 N–H and O–H groups in total. The molecular formula is C37H21N3S. The topological polar surface area (TPSA) is 22.2 Å². The van der Waals surface area contributed by atoms with Crippen LogP contribution in [-0.2, 0) is 0 Å². The van der Waals surface area contributed by atoms with Crippen molar-refractivity contribution in [2.24, 2.45) is 0 Å². The van der Waals surface area contributed by atoms with E-state index in [0.717, 1.165) is 22.4 Å². The minimum absolute atomic E-state index is 1.01. The van der Waals surface area contributed by atoms with Crippen molar-refractivity contribution in [2.45, 2.75) is 0 Å². The summed E-state index contributed by atoms with van der Waals surface area (Å²) in [5.41, 5.74) is 7.98. The first kappa shape index (κ1) is 21.6. The highest BCUT2D eigenvalue weighted by molar-refractivity contribution is 7.26. The summed E-state index contributed by atoms with van der Waals surface area (Å²) in [5, 5.41) is 8.82. The van der Waals surface area contributed by atoms with Crippen molar-refractivity contribution in [1.82, 2.24) is 14.0 Å². The molecule has 4 aromatic heterocycles. The van der Waals surface area contributed by atoms with Crippen LogP contribution in [0.3, 0.4) is 0 Å². The number of pyridine rings is 1. The fourth-order valence-corrected chi connectivity index (χ4v) is 8.25. The quantitative estimate of drug-likeness (QED) is 0.190. The molecule has 0 saturated carbocycles. The van der Waals surface area contributed by atoms with E-state index in [1.807, 2.05) is 11.3 Å². The maximum atomic E-state index is 5.35. The predicted molar refractivity (Wildman–Crippen MR) is 175 cm³/mol. The zero-order chi connectivity index (χ0) is 26.7. The number of hydrogen-bond donors (Lipinski definition) is 0. The van der Waals surface area contributed by atoms with Gasteiger partial charge in [0, 0.05) is 42.7 Å². The summed E-state index contributed by atoms with van der Waals surface area (Å²) in [7, 11) is 0. The zero-order valence-corrected chi connectivity index (χ0v) is 22.7. The van der Waals surface area contributed by atoms with Crippen molar-refractivity contribution < 1.29 is 0 Å². The Morgan fingerprint density at radius 1 is 0.488 bits per heavy atom. The third-order valence-electron chi connectivity index (χ3n) is 8.67. The Balaban J connectivity index is 1.53. The number of thiophene rings is 1. The molecular weight excluding hydrogens is 518 g/mol. The summed E-state index contributed by atoms with van der Waals surface area (Å²) >= 11 is 1.88. The van der Waals surface area contributed by atoms with E-state index < -0.39 is 0 Å². The van der Waals surface area contributed by atoms with E-state index in [2.05, 4.69) is 136 Å². The summed E-state index contributed by atoms with van der Waals surface area (Å²) < 4.78 is 7.45. The third-order valence-corrected chi connectivity index (χ3v) is 9.87. The van der Waals surface area contributed by atoms with Gasteiger partial charge < -0.3 is 4.57 Å². The molecule has 41 heavy (non-hydrogen) atoms. The van der Waals surface area contributed by atoms with Gasteiger partial charge in [-0.1, -0.05) is 84.9 Å². The van der Waals surface area contributed by atoms with Gasteiger partial charge in [-0.15, -0.1) is 11.3 Å². The Morgan fingerprint density at radius 3 is 2.10 bits per heavy atom. The van der Waals surface area contributed by atoms with Crippen molar-refractivity contribution in [1.29, 1.82) is 0 Å². The average molecular weight is 540 g/mol. The molecule has 0 aliphatic rings. The summed E-state index contributed by atoms with van der Waals surface area (Å²) in [6.45, 7) is 0. The lowest BCUT2D eigenvalue weighted by atomic mass is 10.00. The first-order valence-electron chi connectivity index (χ1n) is 13.9. The third kappa shape index (κ3) is 2.70. The fraction of sp³-hybridized carbons (Fsp3) is 0. The van der Waals surface area contributed by atoms with Gasteiger partial charge in [-0.25, -0.2) is 4.98 Å². The Bertz CT molecular complexity index is 2690. The number of nitrogens with zero attached hydrogens (tertiary/aromatic N) is 3. The molecule has 0 aliphatic heterocycles. The van der Waals surface area contributed by atoms with E-state index in [4.69, 9.17) is 4.98 Å². The molecule has 0 saturated heterocycles. The van der Waals surface area contributed by atoms with E-state index in [1.165, 1.54) is 63.7 Å². The summed E-state index contributed by atoms with van der Waals surface area (Å²) in [5.74, 6) is 0. The van der Waals surface area contributed by atoms with Crippen LogP contribution in [0.4, 0.5) is 0 Å². The highest BCUT2D eigenvalue weighted by Gasteiger charge is 2.22. The molecule has 10 rings (SSSR count). The van der Waals surface area contributed by atoms with Crippen LogP contribution in [0.25, 0.3) is 86.0 Å². The van der Waals surface area contributed by atoms with Gasteiger partial charge in [0.15, 0.2) is 0 Å². The molecule has 0 fully saturated rings. The molecule has 4 heterocycles. The van der Waals surface area contributed by atoms with Crippen LogP contribution in [0.5, 0.6) is 0 Å². The lowest BCUT2D eigenvalue weighted by Crippen LogP contribution is -1.94. The van der Waals surface area contributed by atoms with Crippen LogP contribution in [0.1, 0.15) is 0 Å². The molecule has 0 radical (unpaired) electrons. The monoisotopic (exact) mass is 539 g/mol. The second-order valence-electron chi connectivity index (χ2n) is 10.8. The van der Waals surface area contributed by atoms with Gasteiger partial charge in [0.2, 0.25) is 0 Å². The summed E-state index contributed by atoms with van der Waals surface area (Å²) in [6.07, 6.45) is 0. The first-order valence-corrected chi connectivity index (χ1v) is 14.7. The van der Waals surface area contributed by atoms with Gasteiger partial charge in [0.25, 0.3) is 0 Å². The minimum Gasteiger partial charge on any atom is -0.309 e. The standard InChI is InChI=1S/C37H21N3S/c1-2-10-22(11-3-1)39-29-15-7-4-13-27(29)33-31(39)21-20-24-25-18-19-26-23-12-5-9-17-32(23)41-36(26)35(25)40-30-16-8-6-14-28(30)38-37(40)34(24)33/h1-21H. The maximum absolute atomic E-state index is 5.35. The second-order valence-corrected chi connectivity index (χ2v) is 11.8. The SMILES string of the molecule is c1ccc(-n2c3ccccc3c3c4c(ccc32)c2ccc3c5ccccc5sc3c2n2c3ccccc3nc42)cc1. The number of aromatic nitrogens is 3. The predicted octanol–water partition coefficient (Wildman–Crippen LogP) is 10.3. The highest BCUT2D eigenvalue weighted by atomic mass is 32.1. The van der Waals surface area contributed by atoms with Gasteiger partial charge in [-0.05, 0) is 47.9 Å². The Morgan fingerprint density at radius 2 is 1.20 bits per heavy atom. The highest BCUT2D eigenvalue weighted by Crippen LogP contribution is 2.45. The molecule has 0 bridgehead atoms. The molecule has 0 unspecified atom stereocenters. The molecule has 0 spiro atoms. The molecule has 0 aliphatic carbocycles. The number of benzene rings is 6. The van der Waals surface area contributed by atoms with E-state index >= 15 is 0 Å². The van der Waals surface area contributed by atoms with Gasteiger partial charge in [0.1, 0.15) is 5.65 Å². The number of para-hydroxylation sites is 4. The smallest absolute Gasteiger partial charge is 0.147 e. The second kappa shape index (κ2) is 7.72. The summed E-state index contributed by atoms with van der Waals surface area (Å²) in [4.78, 5) is 5.35. The normalized spacial score (nSPS) is 12.4. The van der Waals surface area contributed by atoms with Crippen molar-refractivity contribution >= 4 is 91.7 Å². The molecule has 4 heteroatoms. The van der Waals surface area contributed by atoms with E-state index in [9.17, 15) is 0 Å². The first-order chi connectivity index (χ1) is 20.4. The van der Waals surface area contributed by atoms with E-state index in [0.29, 0.717) is 0 Å². The van der Waals surface area contributed by atoms with Crippen molar-refractivity contribution in [2.75, 3.05) is 0 Å². The number of imidazole rings is 1. The van der Waals surface area contributed by atoms with Gasteiger partial charge >= 0.3 is 0 Å². The lowest BCUT2D eigenvalue weighted by Gasteiger charge is -2.12. The van der Waals surface area contributed by atoms with Crippen LogP contribution < -0.4 is 0 Å². The summed E-state index contributed by atoms with van der Waals surface area (Å²) in [6, 6.07) is 46.0. The Hall–Kier alpha value is -5.19. The molecule has 6 aromatic carbocycles. The van der Waals surface area contributed by atoms with E-state index in [1.54, 1.807) is 0 Å².